The Morgan fingerprint density at radius 3 is 2.37 bits per heavy atom. The second-order valence-corrected chi connectivity index (χ2v) is 5.90. The van der Waals surface area contributed by atoms with Gasteiger partial charge in [0.2, 0.25) is 0 Å². The first-order valence-corrected chi connectivity index (χ1v) is 8.04. The van der Waals surface area contributed by atoms with Crippen molar-refractivity contribution in [3.63, 3.8) is 0 Å². The standard InChI is InChI=1S/C18H17N7O2/c1-11-14(9-20-24(11)2)22-18(27)16-15(10-21-25(16)3)23-17(26)13-6-4-5-12(7-13)8-19/h4-7,9-10H,1-3H3,(H,22,27)(H,23,26). The third kappa shape index (κ3) is 3.55. The molecule has 2 heterocycles. The fourth-order valence-corrected chi connectivity index (χ4v) is 2.53. The molecule has 9 heteroatoms. The van der Waals surface area contributed by atoms with E-state index in [2.05, 4.69) is 20.8 Å². The van der Waals surface area contributed by atoms with Crippen molar-refractivity contribution in [2.24, 2.45) is 14.1 Å². The summed E-state index contributed by atoms with van der Waals surface area (Å²) in [6.45, 7) is 1.83. The minimum atomic E-state index is -0.438. The van der Waals surface area contributed by atoms with Gasteiger partial charge in [0.1, 0.15) is 5.69 Å². The Bertz CT molecular complexity index is 1070. The lowest BCUT2D eigenvalue weighted by Crippen LogP contribution is -2.20. The maximum Gasteiger partial charge on any atom is 0.276 e. The van der Waals surface area contributed by atoms with Crippen LogP contribution in [0.3, 0.4) is 0 Å². The highest BCUT2D eigenvalue weighted by atomic mass is 16.2. The highest BCUT2D eigenvalue weighted by Crippen LogP contribution is 2.19. The molecule has 9 nitrogen and oxygen atoms in total. The van der Waals surface area contributed by atoms with Crippen molar-refractivity contribution in [3.8, 4) is 6.07 Å². The number of aryl methyl sites for hydroxylation is 2. The van der Waals surface area contributed by atoms with Gasteiger partial charge in [0, 0.05) is 19.7 Å². The fraction of sp³-hybridized carbons (Fsp3) is 0.167. The van der Waals surface area contributed by atoms with Crippen molar-refractivity contribution in [1.82, 2.24) is 19.6 Å². The summed E-state index contributed by atoms with van der Waals surface area (Å²) in [5, 5.41) is 22.5. The summed E-state index contributed by atoms with van der Waals surface area (Å²) in [6, 6.07) is 8.28. The number of carbonyl (C=O) groups excluding carboxylic acids is 2. The van der Waals surface area contributed by atoms with Gasteiger partial charge in [0.25, 0.3) is 11.8 Å². The number of benzene rings is 1. The number of anilines is 2. The predicted octanol–water partition coefficient (Wildman–Crippen LogP) is 1.84. The van der Waals surface area contributed by atoms with E-state index in [-0.39, 0.29) is 11.4 Å². The molecule has 0 aliphatic rings. The molecule has 2 aromatic heterocycles. The Kier molecular flexibility index (Phi) is 4.72. The van der Waals surface area contributed by atoms with E-state index in [0.29, 0.717) is 16.8 Å². The molecule has 0 saturated carbocycles. The SMILES string of the molecule is Cc1c(NC(=O)c2c(NC(=O)c3cccc(C#N)c3)cnn2C)cnn1C. The van der Waals surface area contributed by atoms with Crippen molar-refractivity contribution in [2.45, 2.75) is 6.92 Å². The molecule has 3 aromatic rings. The molecule has 0 fully saturated rings. The molecule has 0 aliphatic carbocycles. The predicted molar refractivity (Wildman–Crippen MR) is 98.2 cm³/mol. The van der Waals surface area contributed by atoms with Crippen LogP contribution >= 0.6 is 0 Å². The van der Waals surface area contributed by atoms with Gasteiger partial charge in [-0.25, -0.2) is 0 Å². The summed E-state index contributed by atoms with van der Waals surface area (Å²) in [7, 11) is 3.38. The number of carbonyl (C=O) groups is 2. The minimum absolute atomic E-state index is 0.197. The summed E-state index contributed by atoms with van der Waals surface area (Å²) in [6.07, 6.45) is 2.95. The molecule has 0 spiro atoms. The average molecular weight is 363 g/mol. The van der Waals surface area contributed by atoms with Crippen LogP contribution in [0.25, 0.3) is 0 Å². The molecule has 0 unspecified atom stereocenters. The van der Waals surface area contributed by atoms with E-state index in [1.807, 2.05) is 13.0 Å². The molecule has 2 amide bonds. The van der Waals surface area contributed by atoms with Crippen LogP contribution in [0.5, 0.6) is 0 Å². The smallest absolute Gasteiger partial charge is 0.276 e. The molecule has 136 valence electrons. The lowest BCUT2D eigenvalue weighted by Gasteiger charge is -2.09. The molecule has 0 atom stereocenters. The van der Waals surface area contributed by atoms with Crippen LogP contribution in [0.2, 0.25) is 0 Å². The molecular formula is C18H17N7O2. The lowest BCUT2D eigenvalue weighted by molar-refractivity contribution is 0.101. The summed E-state index contributed by atoms with van der Waals surface area (Å²) < 4.78 is 3.02. The zero-order chi connectivity index (χ0) is 19.6. The summed E-state index contributed by atoms with van der Waals surface area (Å²) in [5.74, 6) is -0.862. The third-order valence-electron chi connectivity index (χ3n) is 4.14. The molecule has 27 heavy (non-hydrogen) atoms. The highest BCUT2D eigenvalue weighted by molar-refractivity contribution is 6.11. The van der Waals surface area contributed by atoms with Crippen molar-refractivity contribution in [2.75, 3.05) is 10.6 Å². The molecule has 3 rings (SSSR count). The van der Waals surface area contributed by atoms with Gasteiger partial charge in [0.15, 0.2) is 0 Å². The Hall–Kier alpha value is -3.93. The second-order valence-electron chi connectivity index (χ2n) is 5.90. The number of nitrogens with zero attached hydrogens (tertiary/aromatic N) is 5. The van der Waals surface area contributed by atoms with Gasteiger partial charge in [-0.2, -0.15) is 15.5 Å². The fourth-order valence-electron chi connectivity index (χ4n) is 2.53. The zero-order valence-corrected chi connectivity index (χ0v) is 15.0. The first kappa shape index (κ1) is 17.9. The van der Waals surface area contributed by atoms with E-state index in [4.69, 9.17) is 5.26 Å². The van der Waals surface area contributed by atoms with Crippen LogP contribution in [-0.2, 0) is 14.1 Å². The van der Waals surface area contributed by atoms with E-state index in [9.17, 15) is 9.59 Å². The number of nitrogens with one attached hydrogen (secondary N) is 2. The van der Waals surface area contributed by atoms with Crippen LogP contribution in [0.1, 0.15) is 32.1 Å². The number of nitriles is 1. The minimum Gasteiger partial charge on any atom is -0.319 e. The second kappa shape index (κ2) is 7.13. The molecule has 2 N–H and O–H groups in total. The van der Waals surface area contributed by atoms with Crippen LogP contribution < -0.4 is 10.6 Å². The van der Waals surface area contributed by atoms with Gasteiger partial charge in [-0.1, -0.05) is 6.07 Å². The van der Waals surface area contributed by atoms with Crippen LogP contribution in [-0.4, -0.2) is 31.4 Å². The monoisotopic (exact) mass is 363 g/mol. The molecule has 0 radical (unpaired) electrons. The van der Waals surface area contributed by atoms with Crippen LogP contribution in [0, 0.1) is 18.3 Å². The summed E-state index contributed by atoms with van der Waals surface area (Å²) in [4.78, 5) is 25.2. The molecule has 1 aromatic carbocycles. The van der Waals surface area contributed by atoms with Gasteiger partial charge in [-0.15, -0.1) is 0 Å². The van der Waals surface area contributed by atoms with E-state index in [1.54, 1.807) is 43.2 Å². The third-order valence-corrected chi connectivity index (χ3v) is 4.14. The number of amides is 2. The van der Waals surface area contributed by atoms with Crippen LogP contribution in [0.15, 0.2) is 36.7 Å². The quantitative estimate of drug-likeness (QED) is 0.733. The van der Waals surface area contributed by atoms with E-state index < -0.39 is 11.8 Å². The normalized spacial score (nSPS) is 10.3. The zero-order valence-electron chi connectivity index (χ0n) is 15.0. The topological polar surface area (TPSA) is 118 Å². The Morgan fingerprint density at radius 1 is 1.04 bits per heavy atom. The number of hydrogen-bond donors (Lipinski definition) is 2. The lowest BCUT2D eigenvalue weighted by atomic mass is 10.1. The van der Waals surface area contributed by atoms with Crippen molar-refractivity contribution in [1.29, 1.82) is 5.26 Å². The van der Waals surface area contributed by atoms with Crippen molar-refractivity contribution >= 4 is 23.2 Å². The first-order valence-electron chi connectivity index (χ1n) is 8.04. The van der Waals surface area contributed by atoms with Gasteiger partial charge in [-0.3, -0.25) is 19.0 Å². The Balaban J connectivity index is 1.84. The van der Waals surface area contributed by atoms with E-state index in [0.717, 1.165) is 5.69 Å². The van der Waals surface area contributed by atoms with Gasteiger partial charge in [-0.05, 0) is 25.1 Å². The van der Waals surface area contributed by atoms with Gasteiger partial charge >= 0.3 is 0 Å². The maximum atomic E-state index is 12.7. The van der Waals surface area contributed by atoms with Crippen molar-refractivity contribution in [3.05, 3.63) is 59.2 Å². The molecule has 0 aliphatic heterocycles. The number of hydrogen-bond acceptors (Lipinski definition) is 5. The molecule has 0 saturated heterocycles. The Morgan fingerprint density at radius 2 is 1.70 bits per heavy atom. The highest BCUT2D eigenvalue weighted by Gasteiger charge is 2.20. The van der Waals surface area contributed by atoms with E-state index in [1.165, 1.54) is 16.9 Å². The Labute approximate surface area is 155 Å². The first-order chi connectivity index (χ1) is 12.9. The average Bonchev–Trinajstić information content (AvgIpc) is 3.18. The molecular weight excluding hydrogens is 346 g/mol. The van der Waals surface area contributed by atoms with Crippen molar-refractivity contribution < 1.29 is 9.59 Å². The maximum absolute atomic E-state index is 12.7. The number of rotatable bonds is 4. The summed E-state index contributed by atoms with van der Waals surface area (Å²) >= 11 is 0. The van der Waals surface area contributed by atoms with Gasteiger partial charge < -0.3 is 10.6 Å². The largest absolute Gasteiger partial charge is 0.319 e. The molecule has 0 bridgehead atoms. The van der Waals surface area contributed by atoms with Crippen LogP contribution in [0.4, 0.5) is 11.4 Å². The van der Waals surface area contributed by atoms with Gasteiger partial charge in [0.05, 0.1) is 41.1 Å². The van der Waals surface area contributed by atoms with E-state index >= 15 is 0 Å². The number of aromatic nitrogens is 4. The summed E-state index contributed by atoms with van der Waals surface area (Å²) in [5.41, 5.74) is 2.52.